The third-order valence-electron chi connectivity index (χ3n) is 2.26. The molecule has 1 aromatic heterocycles. The summed E-state index contributed by atoms with van der Waals surface area (Å²) < 4.78 is 0. The lowest BCUT2D eigenvalue weighted by atomic mass is 10.3. The summed E-state index contributed by atoms with van der Waals surface area (Å²) in [7, 11) is 0. The number of nitrogens with zero attached hydrogens (tertiary/aromatic N) is 2. The average molecular weight is 260 g/mol. The predicted molar refractivity (Wildman–Crippen MR) is 64.3 cm³/mol. The number of nitro groups is 1. The third-order valence-corrected chi connectivity index (χ3v) is 3.15. The zero-order chi connectivity index (χ0) is 11.7. The summed E-state index contributed by atoms with van der Waals surface area (Å²) in [5, 5.41) is 14.6. The fraction of sp³-hybridized carbons (Fsp3) is 0.444. The molecule has 1 aromatic rings. The van der Waals surface area contributed by atoms with E-state index < -0.39 is 4.92 Å². The average Bonchev–Trinajstić information content (AvgIpc) is 3.00. The molecule has 5 nitrogen and oxygen atoms in total. The third kappa shape index (κ3) is 2.38. The van der Waals surface area contributed by atoms with Gasteiger partial charge in [0.1, 0.15) is 10.7 Å². The summed E-state index contributed by atoms with van der Waals surface area (Å²) in [6, 6.07) is 2.01. The zero-order valence-corrected chi connectivity index (χ0v) is 10.1. The smallest absolute Gasteiger partial charge is 0.329 e. The van der Waals surface area contributed by atoms with Crippen LogP contribution in [-0.2, 0) is 0 Å². The summed E-state index contributed by atoms with van der Waals surface area (Å²) in [6.45, 7) is 0. The molecular weight excluding hydrogens is 250 g/mol. The Labute approximate surface area is 102 Å². The van der Waals surface area contributed by atoms with Crippen LogP contribution in [0.4, 0.5) is 11.4 Å². The summed E-state index contributed by atoms with van der Waals surface area (Å²) in [5.74, 6) is 0. The molecule has 0 atom stereocenters. The largest absolute Gasteiger partial charge is 0.377 e. The Morgan fingerprint density at radius 2 is 2.38 bits per heavy atom. The summed E-state index contributed by atoms with van der Waals surface area (Å²) in [4.78, 5) is 14.3. The normalized spacial score (nSPS) is 14.9. The van der Waals surface area contributed by atoms with Crippen molar-refractivity contribution >= 4 is 34.7 Å². The molecule has 0 aromatic carbocycles. The Hall–Kier alpha value is -1.01. The van der Waals surface area contributed by atoms with Gasteiger partial charge in [0.05, 0.1) is 4.92 Å². The van der Waals surface area contributed by atoms with Gasteiger partial charge in [0.25, 0.3) is 0 Å². The Morgan fingerprint density at radius 1 is 1.69 bits per heavy atom. The zero-order valence-electron chi connectivity index (χ0n) is 8.57. The minimum Gasteiger partial charge on any atom is -0.377 e. The second-order valence-corrected chi connectivity index (χ2v) is 4.71. The Kier molecular flexibility index (Phi) is 3.20. The number of halogens is 1. The van der Waals surface area contributed by atoms with Crippen LogP contribution < -0.4 is 5.32 Å². The minimum atomic E-state index is -0.496. The highest BCUT2D eigenvalue weighted by Crippen LogP contribution is 2.37. The number of hydrogen-bond acceptors (Lipinski definition) is 5. The number of rotatable bonds is 4. The van der Waals surface area contributed by atoms with Crippen molar-refractivity contribution in [1.29, 1.82) is 0 Å². The maximum absolute atomic E-state index is 10.9. The van der Waals surface area contributed by atoms with E-state index in [1.165, 1.54) is 11.8 Å². The van der Waals surface area contributed by atoms with Gasteiger partial charge in [0.15, 0.2) is 0 Å². The summed E-state index contributed by atoms with van der Waals surface area (Å²) in [5.41, 5.74) is 0.336. The molecule has 1 fully saturated rings. The second kappa shape index (κ2) is 4.47. The Bertz CT molecular complexity index is 437. The first-order valence-corrected chi connectivity index (χ1v) is 6.37. The van der Waals surface area contributed by atoms with Crippen molar-refractivity contribution < 1.29 is 4.92 Å². The number of aromatic nitrogens is 1. The van der Waals surface area contributed by atoms with Crippen LogP contribution in [-0.4, -0.2) is 22.2 Å². The van der Waals surface area contributed by atoms with Crippen molar-refractivity contribution in [2.24, 2.45) is 0 Å². The topological polar surface area (TPSA) is 68.1 Å². The quantitative estimate of drug-likeness (QED) is 0.390. The first-order chi connectivity index (χ1) is 7.61. The highest BCUT2D eigenvalue weighted by atomic mass is 35.5. The van der Waals surface area contributed by atoms with Gasteiger partial charge in [-0.15, -0.1) is 11.8 Å². The standard InChI is InChI=1S/C9H10ClN3O2S/c1-16-7-4-6(11-5-2-3-5)8(13(14)15)9(10)12-7/h4-5H,2-3H2,1H3,(H,11,12). The number of hydrogen-bond donors (Lipinski definition) is 1. The maximum atomic E-state index is 10.9. The molecule has 1 N–H and O–H groups in total. The molecule has 1 aliphatic carbocycles. The van der Waals surface area contributed by atoms with Crippen molar-refractivity contribution in [2.45, 2.75) is 23.9 Å². The highest BCUT2D eigenvalue weighted by Gasteiger charge is 2.27. The lowest BCUT2D eigenvalue weighted by Crippen LogP contribution is -2.05. The highest BCUT2D eigenvalue weighted by molar-refractivity contribution is 7.98. The summed E-state index contributed by atoms with van der Waals surface area (Å²) >= 11 is 7.21. The van der Waals surface area contributed by atoms with E-state index in [1.54, 1.807) is 6.07 Å². The second-order valence-electron chi connectivity index (χ2n) is 3.53. The molecule has 1 heterocycles. The van der Waals surface area contributed by atoms with E-state index in [2.05, 4.69) is 10.3 Å². The van der Waals surface area contributed by atoms with Crippen molar-refractivity contribution in [3.05, 3.63) is 21.3 Å². The van der Waals surface area contributed by atoms with E-state index in [9.17, 15) is 10.1 Å². The van der Waals surface area contributed by atoms with Crippen molar-refractivity contribution in [3.63, 3.8) is 0 Å². The van der Waals surface area contributed by atoms with Gasteiger partial charge in [-0.2, -0.15) is 0 Å². The van der Waals surface area contributed by atoms with Gasteiger partial charge in [0, 0.05) is 12.1 Å². The van der Waals surface area contributed by atoms with E-state index in [0.717, 1.165) is 12.8 Å². The van der Waals surface area contributed by atoms with Crippen LogP contribution in [0.5, 0.6) is 0 Å². The molecule has 7 heteroatoms. The van der Waals surface area contributed by atoms with Crippen LogP contribution in [0.15, 0.2) is 11.1 Å². The van der Waals surface area contributed by atoms with Crippen molar-refractivity contribution in [2.75, 3.05) is 11.6 Å². The number of pyridine rings is 1. The predicted octanol–water partition coefficient (Wildman–Crippen LogP) is 2.94. The monoisotopic (exact) mass is 259 g/mol. The number of thioether (sulfide) groups is 1. The molecule has 1 saturated carbocycles. The Morgan fingerprint density at radius 3 is 2.88 bits per heavy atom. The molecule has 1 aliphatic rings. The fourth-order valence-electron chi connectivity index (χ4n) is 1.32. The van der Waals surface area contributed by atoms with E-state index in [-0.39, 0.29) is 10.8 Å². The summed E-state index contributed by atoms with van der Waals surface area (Å²) in [6.07, 6.45) is 3.95. The van der Waals surface area contributed by atoms with Gasteiger partial charge in [-0.05, 0) is 19.1 Å². The molecule has 0 saturated heterocycles. The van der Waals surface area contributed by atoms with Gasteiger partial charge < -0.3 is 5.32 Å². The van der Waals surface area contributed by atoms with E-state index in [4.69, 9.17) is 11.6 Å². The number of anilines is 1. The molecule has 0 amide bonds. The van der Waals surface area contributed by atoms with Gasteiger partial charge >= 0.3 is 5.69 Å². The van der Waals surface area contributed by atoms with Crippen LogP contribution in [0.3, 0.4) is 0 Å². The lowest BCUT2D eigenvalue weighted by Gasteiger charge is -2.07. The van der Waals surface area contributed by atoms with Crippen molar-refractivity contribution in [3.8, 4) is 0 Å². The van der Waals surface area contributed by atoms with Gasteiger partial charge in [-0.3, -0.25) is 10.1 Å². The van der Waals surface area contributed by atoms with Crippen LogP contribution in [0.1, 0.15) is 12.8 Å². The first kappa shape index (κ1) is 11.5. The van der Waals surface area contributed by atoms with Gasteiger partial charge in [-0.25, -0.2) is 4.98 Å². The van der Waals surface area contributed by atoms with Crippen molar-refractivity contribution in [1.82, 2.24) is 4.98 Å². The Balaban J connectivity index is 2.42. The molecule has 0 spiro atoms. The van der Waals surface area contributed by atoms with Crippen LogP contribution >= 0.6 is 23.4 Å². The molecule has 16 heavy (non-hydrogen) atoms. The van der Waals surface area contributed by atoms with Gasteiger partial charge in [-0.1, -0.05) is 11.6 Å². The van der Waals surface area contributed by atoms with Crippen LogP contribution in [0.25, 0.3) is 0 Å². The minimum absolute atomic E-state index is 0.0556. The maximum Gasteiger partial charge on any atom is 0.329 e. The molecule has 86 valence electrons. The molecule has 0 aliphatic heterocycles. The van der Waals surface area contributed by atoms with Crippen LogP contribution in [0, 0.1) is 10.1 Å². The van der Waals surface area contributed by atoms with E-state index >= 15 is 0 Å². The molecule has 0 unspecified atom stereocenters. The number of nitrogens with one attached hydrogen (secondary N) is 1. The lowest BCUT2D eigenvalue weighted by molar-refractivity contribution is -0.384. The van der Waals surface area contributed by atoms with Crippen LogP contribution in [0.2, 0.25) is 5.15 Å². The van der Waals surface area contributed by atoms with E-state index in [0.29, 0.717) is 16.8 Å². The SMILES string of the molecule is CSc1cc(NC2CC2)c([N+](=O)[O-])c(Cl)n1. The van der Waals surface area contributed by atoms with E-state index in [1.807, 2.05) is 6.26 Å². The molecule has 2 rings (SSSR count). The van der Waals surface area contributed by atoms with Gasteiger partial charge in [0.2, 0.25) is 5.15 Å². The molecule has 0 bridgehead atoms. The fourth-order valence-corrected chi connectivity index (χ4v) is 2.05. The molecule has 0 radical (unpaired) electrons. The first-order valence-electron chi connectivity index (χ1n) is 4.77. The molecular formula is C9H10ClN3O2S.